The van der Waals surface area contributed by atoms with Crippen molar-refractivity contribution in [2.45, 2.75) is 45.7 Å². The Morgan fingerprint density at radius 3 is 2.84 bits per heavy atom. The summed E-state index contributed by atoms with van der Waals surface area (Å²) >= 11 is 0. The van der Waals surface area contributed by atoms with Gasteiger partial charge >= 0.3 is 0 Å². The van der Waals surface area contributed by atoms with Crippen LogP contribution in [0, 0.1) is 23.2 Å². The van der Waals surface area contributed by atoms with Crippen molar-refractivity contribution in [2.75, 3.05) is 6.54 Å². The van der Waals surface area contributed by atoms with Gasteiger partial charge in [0.05, 0.1) is 11.6 Å². The number of para-hydroxylation sites is 1. The van der Waals surface area contributed by atoms with E-state index in [2.05, 4.69) is 34.1 Å². The lowest BCUT2D eigenvalue weighted by molar-refractivity contribution is -0.150. The number of hydrogen-bond donors (Lipinski definition) is 0. The van der Waals surface area contributed by atoms with Crippen molar-refractivity contribution in [2.24, 2.45) is 11.3 Å². The molecule has 1 aliphatic carbocycles. The molecule has 0 bridgehead atoms. The van der Waals surface area contributed by atoms with Gasteiger partial charge in [-0.2, -0.15) is 0 Å². The first-order chi connectivity index (χ1) is 15.3. The highest BCUT2D eigenvalue weighted by Crippen LogP contribution is 2.58. The van der Waals surface area contributed by atoms with Crippen LogP contribution in [0.3, 0.4) is 0 Å². The predicted molar refractivity (Wildman–Crippen MR) is 115 cm³/mol. The van der Waals surface area contributed by atoms with Gasteiger partial charge in [0.25, 0.3) is 6.43 Å². The van der Waals surface area contributed by atoms with Crippen molar-refractivity contribution in [3.05, 3.63) is 53.3 Å². The number of halogens is 2. The fourth-order valence-corrected chi connectivity index (χ4v) is 4.86. The zero-order valence-electron chi connectivity index (χ0n) is 18.1. The van der Waals surface area contributed by atoms with Crippen molar-refractivity contribution < 1.29 is 13.6 Å². The Balaban J connectivity index is 1.42. The molecule has 3 atom stereocenters. The summed E-state index contributed by atoms with van der Waals surface area (Å²) < 4.78 is 28.7. The zero-order valence-corrected chi connectivity index (χ0v) is 18.1. The number of likely N-dealkylation sites (tertiary alicyclic amines) is 1. The molecule has 1 unspecified atom stereocenters. The summed E-state index contributed by atoms with van der Waals surface area (Å²) in [7, 11) is 0. The Bertz CT molecular complexity index is 1270. The molecule has 2 aliphatic rings. The number of carbonyl (C=O) groups excluding carboxylic acids is 1. The highest BCUT2D eigenvalue weighted by atomic mass is 19.3. The minimum Gasteiger partial charge on any atom is -0.334 e. The van der Waals surface area contributed by atoms with Gasteiger partial charge < -0.3 is 4.90 Å². The molecule has 0 saturated carbocycles. The van der Waals surface area contributed by atoms with E-state index in [9.17, 15) is 13.6 Å². The number of pyridine rings is 1. The van der Waals surface area contributed by atoms with Crippen LogP contribution in [0.25, 0.3) is 11.0 Å². The highest BCUT2D eigenvalue weighted by Gasteiger charge is 2.55. The van der Waals surface area contributed by atoms with E-state index in [-0.39, 0.29) is 17.9 Å². The smallest absolute Gasteiger partial charge is 0.252 e. The van der Waals surface area contributed by atoms with Crippen molar-refractivity contribution in [1.82, 2.24) is 24.9 Å². The zero-order chi connectivity index (χ0) is 22.6. The molecule has 32 heavy (non-hydrogen) atoms. The second kappa shape index (κ2) is 7.37. The van der Waals surface area contributed by atoms with Crippen LogP contribution >= 0.6 is 0 Å². The van der Waals surface area contributed by atoms with E-state index in [1.54, 1.807) is 22.0 Å². The van der Waals surface area contributed by atoms with Crippen LogP contribution in [0.1, 0.15) is 49.4 Å². The van der Waals surface area contributed by atoms with E-state index in [1.807, 2.05) is 24.3 Å². The number of amides is 1. The van der Waals surface area contributed by atoms with E-state index in [0.29, 0.717) is 13.1 Å². The molecule has 8 heteroatoms. The summed E-state index contributed by atoms with van der Waals surface area (Å²) in [6, 6.07) is 7.49. The fourth-order valence-electron chi connectivity index (χ4n) is 4.86. The number of fused-ring (bicyclic) bond motifs is 5. The second-order valence-electron chi connectivity index (χ2n) is 9.16. The lowest BCUT2D eigenvalue weighted by Gasteiger charge is -2.42. The number of nitrogens with zero attached hydrogens (tertiary/aromatic N) is 5. The molecular weight excluding hydrogens is 412 g/mol. The van der Waals surface area contributed by atoms with E-state index in [0.717, 1.165) is 27.7 Å². The van der Waals surface area contributed by atoms with Gasteiger partial charge in [0.2, 0.25) is 5.91 Å². The molecule has 1 fully saturated rings. The van der Waals surface area contributed by atoms with Crippen LogP contribution in [-0.2, 0) is 11.3 Å². The minimum absolute atomic E-state index is 0.0851. The van der Waals surface area contributed by atoms with Gasteiger partial charge in [-0.25, -0.2) is 13.5 Å². The van der Waals surface area contributed by atoms with Crippen LogP contribution in [0.4, 0.5) is 8.78 Å². The van der Waals surface area contributed by atoms with Crippen LogP contribution in [-0.4, -0.2) is 43.8 Å². The number of rotatable bonds is 3. The quantitative estimate of drug-likeness (QED) is 0.588. The summed E-state index contributed by atoms with van der Waals surface area (Å²) in [5.74, 6) is 6.10. The molecule has 0 radical (unpaired) electrons. The van der Waals surface area contributed by atoms with Crippen molar-refractivity contribution >= 4 is 16.9 Å². The summed E-state index contributed by atoms with van der Waals surface area (Å²) in [6.07, 6.45) is 0.759. The minimum atomic E-state index is -2.72. The molecular formula is C24H23F2N5O. The average Bonchev–Trinajstić information content (AvgIpc) is 3.29. The van der Waals surface area contributed by atoms with Gasteiger partial charge in [-0.15, -0.1) is 5.10 Å². The molecule has 1 aromatic carbocycles. The maximum absolute atomic E-state index is 13.5. The number of benzene rings is 1. The largest absolute Gasteiger partial charge is 0.334 e. The van der Waals surface area contributed by atoms with Crippen LogP contribution in [0.15, 0.2) is 36.7 Å². The molecule has 6 nitrogen and oxygen atoms in total. The molecule has 0 N–H and O–H groups in total. The van der Waals surface area contributed by atoms with Gasteiger partial charge in [0.15, 0.2) is 0 Å². The molecule has 3 aromatic rings. The van der Waals surface area contributed by atoms with E-state index >= 15 is 0 Å². The number of aromatic nitrogens is 4. The molecule has 0 spiro atoms. The van der Waals surface area contributed by atoms with Crippen LogP contribution in [0.2, 0.25) is 0 Å². The lowest BCUT2D eigenvalue weighted by atomic mass is 9.68. The van der Waals surface area contributed by atoms with Gasteiger partial charge in [0.1, 0.15) is 17.5 Å². The molecule has 1 amide bonds. The molecule has 5 rings (SSSR count). The number of alkyl halides is 2. The number of carbonyl (C=O) groups is 1. The van der Waals surface area contributed by atoms with E-state index in [4.69, 9.17) is 0 Å². The van der Waals surface area contributed by atoms with Crippen LogP contribution < -0.4 is 0 Å². The third kappa shape index (κ3) is 2.99. The molecule has 164 valence electrons. The van der Waals surface area contributed by atoms with Gasteiger partial charge in [-0.1, -0.05) is 36.1 Å². The van der Waals surface area contributed by atoms with E-state index < -0.39 is 17.7 Å². The Hall–Kier alpha value is -3.34. The fraction of sp³-hybridized carbons (Fsp3) is 0.417. The van der Waals surface area contributed by atoms with Gasteiger partial charge in [0, 0.05) is 30.4 Å². The normalized spacial score (nSPS) is 21.7. The van der Waals surface area contributed by atoms with Crippen molar-refractivity contribution in [3.8, 4) is 11.8 Å². The third-order valence-corrected chi connectivity index (χ3v) is 6.67. The van der Waals surface area contributed by atoms with Crippen LogP contribution in [0.5, 0.6) is 0 Å². The molecule has 3 heterocycles. The Morgan fingerprint density at radius 2 is 2.06 bits per heavy atom. The molecule has 2 aromatic heterocycles. The molecule has 1 saturated heterocycles. The van der Waals surface area contributed by atoms with Gasteiger partial charge in [-0.3, -0.25) is 9.78 Å². The Kier molecular flexibility index (Phi) is 4.73. The number of hydrogen-bond acceptors (Lipinski definition) is 4. The van der Waals surface area contributed by atoms with Crippen molar-refractivity contribution in [1.29, 1.82) is 0 Å². The Labute approximate surface area is 184 Å². The first-order valence-electron chi connectivity index (χ1n) is 10.6. The summed E-state index contributed by atoms with van der Waals surface area (Å²) in [4.78, 5) is 18.9. The standard InChI is InChI=1S/C24H23F2N5O/c1-14-13-30(23(32)24(2,3)22(25)26)21-16-12-27-11-15(20(16)19(14)21)7-6-10-31-18-9-5-4-8-17(18)28-29-31/h4-5,8-9,11-12,14,19,21-22H,10,13H2,1-3H3/t14-,19?,21+/m0/s1. The average molecular weight is 435 g/mol. The highest BCUT2D eigenvalue weighted by molar-refractivity contribution is 5.84. The first-order valence-corrected chi connectivity index (χ1v) is 10.6. The Morgan fingerprint density at radius 1 is 1.28 bits per heavy atom. The predicted octanol–water partition coefficient (Wildman–Crippen LogP) is 3.79. The van der Waals surface area contributed by atoms with Crippen molar-refractivity contribution in [3.63, 3.8) is 0 Å². The van der Waals surface area contributed by atoms with E-state index in [1.165, 1.54) is 13.8 Å². The first kappa shape index (κ1) is 20.6. The third-order valence-electron chi connectivity index (χ3n) is 6.67. The summed E-state index contributed by atoms with van der Waals surface area (Å²) in [6.45, 7) is 5.53. The SMILES string of the molecule is C[C@H]1CN(C(=O)C(C)(C)C(F)F)[C@@H]2c3cncc(C#CCn4nnc5ccccc54)c3C21. The second-order valence-corrected chi connectivity index (χ2v) is 9.16. The summed E-state index contributed by atoms with van der Waals surface area (Å²) in [5.41, 5.74) is 2.84. The monoisotopic (exact) mass is 435 g/mol. The molecule has 1 aliphatic heterocycles. The maximum atomic E-state index is 13.5. The maximum Gasteiger partial charge on any atom is 0.252 e. The summed E-state index contributed by atoms with van der Waals surface area (Å²) in [5, 5.41) is 8.29. The lowest BCUT2D eigenvalue weighted by Crippen LogP contribution is -2.46. The van der Waals surface area contributed by atoms with Gasteiger partial charge in [-0.05, 0) is 43.0 Å². The topological polar surface area (TPSA) is 63.9 Å².